The van der Waals surface area contributed by atoms with Gasteiger partial charge in [0.25, 0.3) is 11.8 Å². The average Bonchev–Trinajstić information content (AvgIpc) is 2.70. The molecule has 2 aliphatic heterocycles. The number of amides is 2. The van der Waals surface area contributed by atoms with Gasteiger partial charge in [0.2, 0.25) is 0 Å². The molecule has 0 bridgehead atoms. The molecule has 0 atom stereocenters. The average molecular weight is 452 g/mol. The van der Waals surface area contributed by atoms with Crippen LogP contribution in [0.4, 0.5) is 11.4 Å². The van der Waals surface area contributed by atoms with Gasteiger partial charge in [0.05, 0.1) is 11.2 Å². The van der Waals surface area contributed by atoms with Gasteiger partial charge in [-0.25, -0.2) is 0 Å². The van der Waals surface area contributed by atoms with Crippen LogP contribution in [0.15, 0.2) is 54.1 Å². The van der Waals surface area contributed by atoms with Crippen LogP contribution in [-0.2, 0) is 9.59 Å². The Kier molecular flexibility index (Phi) is 5.23. The molecule has 2 aromatic carbocycles. The summed E-state index contributed by atoms with van der Waals surface area (Å²) in [6, 6.07) is 12.6. The molecular formula is C24H22ClN3O2S. The number of allylic oxidation sites excluding steroid dienone is 1. The molecule has 1 saturated heterocycles. The lowest BCUT2D eigenvalue weighted by molar-refractivity contribution is -0.122. The number of fused-ring (bicyclic) bond motifs is 1. The topological polar surface area (TPSA) is 52.7 Å². The fourth-order valence-corrected chi connectivity index (χ4v) is 4.32. The summed E-state index contributed by atoms with van der Waals surface area (Å²) < 4.78 is 0. The summed E-state index contributed by atoms with van der Waals surface area (Å²) in [5.41, 5.74) is 4.57. The van der Waals surface area contributed by atoms with E-state index in [1.165, 1.54) is 4.90 Å². The van der Waals surface area contributed by atoms with Gasteiger partial charge in [0.1, 0.15) is 5.57 Å². The van der Waals surface area contributed by atoms with Gasteiger partial charge in [0.15, 0.2) is 5.11 Å². The summed E-state index contributed by atoms with van der Waals surface area (Å²) >= 11 is 11.2. The van der Waals surface area contributed by atoms with Crippen LogP contribution >= 0.6 is 23.8 Å². The number of anilines is 2. The predicted octanol–water partition coefficient (Wildman–Crippen LogP) is 4.80. The third kappa shape index (κ3) is 3.77. The largest absolute Gasteiger partial charge is 0.366 e. The van der Waals surface area contributed by atoms with Gasteiger partial charge in [-0.05, 0) is 86.6 Å². The summed E-state index contributed by atoms with van der Waals surface area (Å²) in [5.74, 6) is -0.984. The molecule has 1 fully saturated rings. The standard InChI is InChI=1S/C24H22ClN3O2S/c1-14-13-24(2,3)27(4)20-10-5-15(11-18(14)20)12-19-21(29)26-23(31)28(22(19)30)17-8-6-16(25)7-9-17/h5-13H,1-4H3,(H,26,29,31)/b19-12+. The second-order valence-electron chi connectivity index (χ2n) is 8.25. The summed E-state index contributed by atoms with van der Waals surface area (Å²) in [7, 11) is 2.06. The summed E-state index contributed by atoms with van der Waals surface area (Å²) in [6.07, 6.45) is 3.82. The van der Waals surface area contributed by atoms with Crippen molar-refractivity contribution in [1.29, 1.82) is 0 Å². The molecule has 0 saturated carbocycles. The Hall–Kier alpha value is -2.96. The minimum absolute atomic E-state index is 0.0228. The lowest BCUT2D eigenvalue weighted by Gasteiger charge is -2.40. The number of nitrogens with zero attached hydrogens (tertiary/aromatic N) is 2. The van der Waals surface area contributed by atoms with Crippen molar-refractivity contribution in [2.75, 3.05) is 16.8 Å². The fourth-order valence-electron chi connectivity index (χ4n) is 3.92. The number of likely N-dealkylation sites (N-methyl/N-ethyl adjacent to an activating group) is 1. The third-order valence-corrected chi connectivity index (χ3v) is 6.28. The highest BCUT2D eigenvalue weighted by Crippen LogP contribution is 2.38. The molecule has 0 spiro atoms. The van der Waals surface area contributed by atoms with Crippen molar-refractivity contribution < 1.29 is 9.59 Å². The first kappa shape index (κ1) is 21.3. The van der Waals surface area contributed by atoms with Gasteiger partial charge in [-0.15, -0.1) is 0 Å². The zero-order chi connectivity index (χ0) is 22.5. The zero-order valence-corrected chi connectivity index (χ0v) is 19.3. The maximum atomic E-state index is 13.2. The summed E-state index contributed by atoms with van der Waals surface area (Å²) in [6.45, 7) is 6.40. The molecule has 1 N–H and O–H groups in total. The molecule has 158 valence electrons. The van der Waals surface area contributed by atoms with Crippen LogP contribution in [0, 0.1) is 0 Å². The lowest BCUT2D eigenvalue weighted by atomic mass is 9.88. The van der Waals surface area contributed by atoms with Crippen LogP contribution in [0.1, 0.15) is 31.9 Å². The number of thiocarbonyl (C=S) groups is 1. The normalized spacial score (nSPS) is 19.3. The number of halogens is 1. The van der Waals surface area contributed by atoms with Crippen LogP contribution in [0.2, 0.25) is 5.02 Å². The van der Waals surface area contributed by atoms with Gasteiger partial charge in [-0.2, -0.15) is 0 Å². The number of carbonyl (C=O) groups excluding carboxylic acids is 2. The van der Waals surface area contributed by atoms with Gasteiger partial charge in [-0.3, -0.25) is 19.8 Å². The highest BCUT2D eigenvalue weighted by atomic mass is 35.5. The molecule has 2 heterocycles. The van der Waals surface area contributed by atoms with E-state index in [0.29, 0.717) is 10.7 Å². The molecule has 2 aromatic rings. The number of hydrogen-bond donors (Lipinski definition) is 1. The Morgan fingerprint density at radius 1 is 1.10 bits per heavy atom. The molecule has 0 aromatic heterocycles. The Labute approximate surface area is 192 Å². The van der Waals surface area contributed by atoms with Crippen molar-refractivity contribution in [2.24, 2.45) is 0 Å². The van der Waals surface area contributed by atoms with Crippen molar-refractivity contribution in [2.45, 2.75) is 26.3 Å². The Balaban J connectivity index is 1.73. The molecule has 5 nitrogen and oxygen atoms in total. The first-order valence-corrected chi connectivity index (χ1v) is 10.6. The quantitative estimate of drug-likeness (QED) is 0.404. The molecule has 4 rings (SSSR count). The van der Waals surface area contributed by atoms with E-state index in [1.807, 2.05) is 18.2 Å². The van der Waals surface area contributed by atoms with Crippen LogP contribution in [0.25, 0.3) is 11.6 Å². The smallest absolute Gasteiger partial charge is 0.270 e. The minimum Gasteiger partial charge on any atom is -0.366 e. The minimum atomic E-state index is -0.511. The molecule has 31 heavy (non-hydrogen) atoms. The van der Waals surface area contributed by atoms with Gasteiger partial charge in [-0.1, -0.05) is 23.7 Å². The van der Waals surface area contributed by atoms with E-state index in [4.69, 9.17) is 23.8 Å². The van der Waals surface area contributed by atoms with E-state index >= 15 is 0 Å². The molecule has 2 aliphatic rings. The molecule has 0 aliphatic carbocycles. The van der Waals surface area contributed by atoms with Crippen molar-refractivity contribution >= 4 is 63.8 Å². The van der Waals surface area contributed by atoms with Gasteiger partial charge >= 0.3 is 0 Å². The molecule has 2 amide bonds. The van der Waals surface area contributed by atoms with Crippen molar-refractivity contribution in [3.63, 3.8) is 0 Å². The number of hydrogen-bond acceptors (Lipinski definition) is 4. The summed E-state index contributed by atoms with van der Waals surface area (Å²) in [4.78, 5) is 29.3. The van der Waals surface area contributed by atoms with Crippen molar-refractivity contribution in [1.82, 2.24) is 5.32 Å². The number of nitrogens with one attached hydrogen (secondary N) is 1. The first-order chi connectivity index (χ1) is 14.6. The highest BCUT2D eigenvalue weighted by Gasteiger charge is 2.34. The first-order valence-electron chi connectivity index (χ1n) is 9.83. The van der Waals surface area contributed by atoms with E-state index in [0.717, 1.165) is 22.4 Å². The molecule has 0 unspecified atom stereocenters. The second kappa shape index (κ2) is 7.62. The van der Waals surface area contributed by atoms with E-state index in [2.05, 4.69) is 44.1 Å². The van der Waals surface area contributed by atoms with Crippen LogP contribution in [0.3, 0.4) is 0 Å². The van der Waals surface area contributed by atoms with Gasteiger partial charge < -0.3 is 4.90 Å². The molecule has 0 radical (unpaired) electrons. The monoisotopic (exact) mass is 451 g/mol. The Bertz CT molecular complexity index is 1180. The van der Waals surface area contributed by atoms with E-state index < -0.39 is 11.8 Å². The lowest BCUT2D eigenvalue weighted by Crippen LogP contribution is -2.54. The molecule has 7 heteroatoms. The third-order valence-electron chi connectivity index (χ3n) is 5.74. The van der Waals surface area contributed by atoms with Crippen LogP contribution in [-0.4, -0.2) is 29.5 Å². The van der Waals surface area contributed by atoms with E-state index in [1.54, 1.807) is 30.3 Å². The highest BCUT2D eigenvalue weighted by molar-refractivity contribution is 7.80. The fraction of sp³-hybridized carbons (Fsp3) is 0.208. The predicted molar refractivity (Wildman–Crippen MR) is 130 cm³/mol. The molecular weight excluding hydrogens is 430 g/mol. The number of rotatable bonds is 2. The zero-order valence-electron chi connectivity index (χ0n) is 17.7. The SMILES string of the molecule is CC1=CC(C)(C)N(C)c2ccc(/C=C3\C(=O)NC(=S)N(c4ccc(Cl)cc4)C3=O)cc21. The number of benzene rings is 2. The summed E-state index contributed by atoms with van der Waals surface area (Å²) in [5, 5.41) is 3.20. The maximum Gasteiger partial charge on any atom is 0.270 e. The van der Waals surface area contributed by atoms with E-state index in [9.17, 15) is 9.59 Å². The van der Waals surface area contributed by atoms with Crippen molar-refractivity contribution in [3.8, 4) is 0 Å². The van der Waals surface area contributed by atoms with Crippen LogP contribution in [0.5, 0.6) is 0 Å². The van der Waals surface area contributed by atoms with Gasteiger partial charge in [0, 0.05) is 23.3 Å². The van der Waals surface area contributed by atoms with Crippen molar-refractivity contribution in [3.05, 3.63) is 70.3 Å². The van der Waals surface area contributed by atoms with E-state index in [-0.39, 0.29) is 16.2 Å². The second-order valence-corrected chi connectivity index (χ2v) is 9.07. The Morgan fingerprint density at radius 2 is 1.77 bits per heavy atom. The number of carbonyl (C=O) groups is 2. The Morgan fingerprint density at radius 3 is 2.45 bits per heavy atom. The van der Waals surface area contributed by atoms with Crippen LogP contribution < -0.4 is 15.1 Å². The maximum absolute atomic E-state index is 13.2.